The van der Waals surface area contributed by atoms with Gasteiger partial charge in [-0.05, 0) is 27.2 Å². The molecule has 122 valence electrons. The van der Waals surface area contributed by atoms with Crippen LogP contribution in [-0.2, 0) is 14.3 Å². The molecular weight excluding hydrogens is 276 g/mol. The Kier molecular flexibility index (Phi) is 7.94. The first-order chi connectivity index (χ1) is 9.65. The molecule has 2 N–H and O–H groups in total. The minimum absolute atomic E-state index is 0.0413. The Morgan fingerprint density at radius 3 is 2.33 bits per heavy atom. The third kappa shape index (κ3) is 6.57. The van der Waals surface area contributed by atoms with Crippen molar-refractivity contribution < 1.29 is 24.2 Å². The Hall–Kier alpha value is -1.63. The van der Waals surface area contributed by atoms with Crippen molar-refractivity contribution in [1.82, 2.24) is 10.2 Å². The van der Waals surface area contributed by atoms with Gasteiger partial charge in [0.15, 0.2) is 0 Å². The Bertz CT molecular complexity index is 382. The number of carboxylic acids is 1. The van der Waals surface area contributed by atoms with E-state index in [1.165, 1.54) is 25.9 Å². The molecule has 0 aromatic rings. The van der Waals surface area contributed by atoms with E-state index in [4.69, 9.17) is 9.84 Å². The lowest BCUT2D eigenvalue weighted by atomic mass is 9.89. The Morgan fingerprint density at radius 1 is 1.33 bits per heavy atom. The van der Waals surface area contributed by atoms with Crippen molar-refractivity contribution in [3.63, 3.8) is 0 Å². The first kappa shape index (κ1) is 19.4. The number of urea groups is 1. The lowest BCUT2D eigenvalue weighted by molar-refractivity contribution is -0.149. The number of hydrogen-bond donors (Lipinski definition) is 2. The molecule has 0 radical (unpaired) electrons. The first-order valence-corrected chi connectivity index (χ1v) is 6.98. The molecule has 0 aromatic heterocycles. The van der Waals surface area contributed by atoms with Gasteiger partial charge in [0.1, 0.15) is 0 Å². The van der Waals surface area contributed by atoms with Gasteiger partial charge in [-0.15, -0.1) is 0 Å². The SMILES string of the molecule is CCC(C)N(CCOC)C(=O)NC(=O)CC(C)(C)C(=O)O. The summed E-state index contributed by atoms with van der Waals surface area (Å²) in [5.41, 5.74) is -1.21. The zero-order valence-electron chi connectivity index (χ0n) is 13.4. The molecule has 0 aliphatic rings. The second-order valence-corrected chi connectivity index (χ2v) is 5.66. The van der Waals surface area contributed by atoms with Gasteiger partial charge in [-0.25, -0.2) is 4.79 Å². The van der Waals surface area contributed by atoms with E-state index in [1.54, 1.807) is 0 Å². The number of imide groups is 1. The highest BCUT2D eigenvalue weighted by Gasteiger charge is 2.31. The van der Waals surface area contributed by atoms with E-state index < -0.39 is 23.3 Å². The molecular formula is C14H26N2O5. The van der Waals surface area contributed by atoms with Crippen LogP contribution in [0.5, 0.6) is 0 Å². The van der Waals surface area contributed by atoms with E-state index in [9.17, 15) is 14.4 Å². The number of aliphatic carboxylic acids is 1. The predicted octanol–water partition coefficient (Wildman–Crippen LogP) is 1.47. The topological polar surface area (TPSA) is 95.9 Å². The molecule has 7 heteroatoms. The summed E-state index contributed by atoms with van der Waals surface area (Å²) in [4.78, 5) is 36.4. The number of carbonyl (C=O) groups is 3. The van der Waals surface area contributed by atoms with Crippen LogP contribution in [0, 0.1) is 5.41 Å². The van der Waals surface area contributed by atoms with Crippen molar-refractivity contribution in [3.8, 4) is 0 Å². The number of carboxylic acid groups (broad SMARTS) is 1. The van der Waals surface area contributed by atoms with Crippen LogP contribution in [0.25, 0.3) is 0 Å². The van der Waals surface area contributed by atoms with Crippen LogP contribution >= 0.6 is 0 Å². The van der Waals surface area contributed by atoms with Crippen molar-refractivity contribution in [2.75, 3.05) is 20.3 Å². The van der Waals surface area contributed by atoms with Gasteiger partial charge in [-0.3, -0.25) is 14.9 Å². The third-order valence-corrected chi connectivity index (χ3v) is 3.35. The summed E-state index contributed by atoms with van der Waals surface area (Å²) in [5, 5.41) is 11.2. The first-order valence-electron chi connectivity index (χ1n) is 6.98. The van der Waals surface area contributed by atoms with Crippen LogP contribution in [0.15, 0.2) is 0 Å². The molecule has 0 rings (SSSR count). The smallest absolute Gasteiger partial charge is 0.324 e. The Labute approximate surface area is 125 Å². The minimum Gasteiger partial charge on any atom is -0.481 e. The van der Waals surface area contributed by atoms with Gasteiger partial charge >= 0.3 is 12.0 Å². The molecule has 0 bridgehead atoms. The van der Waals surface area contributed by atoms with Crippen LogP contribution in [0.4, 0.5) is 4.79 Å². The molecule has 21 heavy (non-hydrogen) atoms. The van der Waals surface area contributed by atoms with E-state index in [0.29, 0.717) is 13.2 Å². The van der Waals surface area contributed by atoms with Gasteiger partial charge in [0.25, 0.3) is 0 Å². The van der Waals surface area contributed by atoms with E-state index in [2.05, 4.69) is 5.32 Å². The zero-order chi connectivity index (χ0) is 16.6. The normalized spacial score (nSPS) is 12.6. The fourth-order valence-electron chi connectivity index (χ4n) is 1.64. The molecule has 0 fully saturated rings. The maximum absolute atomic E-state index is 12.1. The number of rotatable bonds is 8. The van der Waals surface area contributed by atoms with Crippen LogP contribution in [0.3, 0.4) is 0 Å². The summed E-state index contributed by atoms with van der Waals surface area (Å²) in [5.74, 6) is -1.68. The van der Waals surface area contributed by atoms with Gasteiger partial charge in [0.2, 0.25) is 5.91 Å². The quantitative estimate of drug-likeness (QED) is 0.708. The van der Waals surface area contributed by atoms with Gasteiger partial charge < -0.3 is 14.7 Å². The summed E-state index contributed by atoms with van der Waals surface area (Å²) < 4.78 is 4.95. The lowest BCUT2D eigenvalue weighted by Crippen LogP contribution is -2.49. The van der Waals surface area contributed by atoms with Crippen LogP contribution in [0.1, 0.15) is 40.5 Å². The standard InChI is InChI=1S/C14H26N2O5/c1-6-10(2)16(7-8-21-5)13(20)15-11(17)9-14(3,4)12(18)19/h10H,6-9H2,1-5H3,(H,18,19)(H,15,17,20). The summed E-state index contributed by atoms with van der Waals surface area (Å²) in [7, 11) is 1.53. The molecule has 0 aromatic carbocycles. The molecule has 0 aliphatic heterocycles. The number of hydrogen-bond acceptors (Lipinski definition) is 4. The number of nitrogens with one attached hydrogen (secondary N) is 1. The van der Waals surface area contributed by atoms with Crippen molar-refractivity contribution in [2.45, 2.75) is 46.6 Å². The maximum atomic E-state index is 12.1. The van der Waals surface area contributed by atoms with E-state index in [-0.39, 0.29) is 12.5 Å². The van der Waals surface area contributed by atoms with Crippen molar-refractivity contribution in [3.05, 3.63) is 0 Å². The van der Waals surface area contributed by atoms with Gasteiger partial charge in [-0.2, -0.15) is 0 Å². The summed E-state index contributed by atoms with van der Waals surface area (Å²) in [6.45, 7) is 7.43. The van der Waals surface area contributed by atoms with Crippen LogP contribution < -0.4 is 5.32 Å². The zero-order valence-corrected chi connectivity index (χ0v) is 13.4. The Balaban J connectivity index is 4.67. The van der Waals surface area contributed by atoms with Gasteiger partial charge in [0.05, 0.1) is 12.0 Å². The highest BCUT2D eigenvalue weighted by atomic mass is 16.5. The van der Waals surface area contributed by atoms with E-state index >= 15 is 0 Å². The minimum atomic E-state index is -1.21. The number of ether oxygens (including phenoxy) is 1. The second kappa shape index (κ2) is 8.61. The van der Waals surface area contributed by atoms with Crippen LogP contribution in [0.2, 0.25) is 0 Å². The fourth-order valence-corrected chi connectivity index (χ4v) is 1.64. The highest BCUT2D eigenvalue weighted by molar-refractivity contribution is 5.96. The molecule has 7 nitrogen and oxygen atoms in total. The summed E-state index contributed by atoms with van der Waals surface area (Å²) in [6.07, 6.45) is 0.485. The molecule has 0 aliphatic carbocycles. The monoisotopic (exact) mass is 302 g/mol. The average molecular weight is 302 g/mol. The van der Waals surface area contributed by atoms with E-state index in [0.717, 1.165) is 6.42 Å². The molecule has 0 saturated heterocycles. The highest BCUT2D eigenvalue weighted by Crippen LogP contribution is 2.20. The van der Waals surface area contributed by atoms with Crippen molar-refractivity contribution in [1.29, 1.82) is 0 Å². The number of amides is 3. The number of carbonyl (C=O) groups excluding carboxylic acids is 2. The summed E-state index contributed by atoms with van der Waals surface area (Å²) in [6, 6.07) is -0.562. The molecule has 0 spiro atoms. The third-order valence-electron chi connectivity index (χ3n) is 3.35. The van der Waals surface area contributed by atoms with Gasteiger partial charge in [-0.1, -0.05) is 6.92 Å². The van der Waals surface area contributed by atoms with Crippen molar-refractivity contribution >= 4 is 17.9 Å². The summed E-state index contributed by atoms with van der Waals surface area (Å²) >= 11 is 0. The lowest BCUT2D eigenvalue weighted by Gasteiger charge is -2.28. The molecule has 0 heterocycles. The Morgan fingerprint density at radius 2 is 1.90 bits per heavy atom. The molecule has 1 unspecified atom stereocenters. The number of methoxy groups -OCH3 is 1. The van der Waals surface area contributed by atoms with Crippen molar-refractivity contribution in [2.24, 2.45) is 5.41 Å². The molecule has 3 amide bonds. The number of nitrogens with zero attached hydrogens (tertiary/aromatic N) is 1. The average Bonchev–Trinajstić information content (AvgIpc) is 2.37. The largest absolute Gasteiger partial charge is 0.481 e. The second-order valence-electron chi connectivity index (χ2n) is 5.66. The molecule has 1 atom stereocenters. The maximum Gasteiger partial charge on any atom is 0.324 e. The molecule has 0 saturated carbocycles. The van der Waals surface area contributed by atoms with E-state index in [1.807, 2.05) is 13.8 Å². The van der Waals surface area contributed by atoms with Gasteiger partial charge in [0, 0.05) is 26.1 Å². The predicted molar refractivity (Wildman–Crippen MR) is 77.9 cm³/mol. The van der Waals surface area contributed by atoms with Crippen LogP contribution in [-0.4, -0.2) is 54.2 Å². The fraction of sp³-hybridized carbons (Fsp3) is 0.786.